The van der Waals surface area contributed by atoms with Crippen LogP contribution in [0, 0.1) is 11.7 Å². The Morgan fingerprint density at radius 1 is 1.60 bits per heavy atom. The highest BCUT2D eigenvalue weighted by molar-refractivity contribution is 7.82. The molecule has 0 aromatic heterocycles. The molecule has 1 rings (SSSR count). The lowest BCUT2D eigenvalue weighted by atomic mass is 10.5. The summed E-state index contributed by atoms with van der Waals surface area (Å²) < 4.78 is 0. The molecule has 0 N–H and O–H groups in total. The summed E-state index contributed by atoms with van der Waals surface area (Å²) in [6.45, 7) is 0. The molecule has 0 saturated heterocycles. The highest BCUT2D eigenvalue weighted by atomic mass is 32.1. The summed E-state index contributed by atoms with van der Waals surface area (Å²) in [5.41, 5.74) is 0. The van der Waals surface area contributed by atoms with Crippen LogP contribution in [0.4, 0.5) is 0 Å². The standard InChI is InChI=1S/C4H7S/c5-3-4-1-2-4/h3-5H,1-2H2. The molecule has 1 radical (unpaired) electrons. The second-order valence-electron chi connectivity index (χ2n) is 1.49. The molecule has 5 heavy (non-hydrogen) atoms. The van der Waals surface area contributed by atoms with Gasteiger partial charge in [0.2, 0.25) is 0 Å². The third kappa shape index (κ3) is 0.839. The van der Waals surface area contributed by atoms with Crippen LogP contribution in [0.15, 0.2) is 0 Å². The van der Waals surface area contributed by atoms with E-state index in [9.17, 15) is 0 Å². The number of hydrogen-bond donors (Lipinski definition) is 1. The van der Waals surface area contributed by atoms with Crippen molar-refractivity contribution in [2.75, 3.05) is 0 Å². The molecule has 0 aliphatic heterocycles. The Morgan fingerprint density at radius 3 is 2.20 bits per heavy atom. The van der Waals surface area contributed by atoms with E-state index >= 15 is 0 Å². The van der Waals surface area contributed by atoms with Crippen molar-refractivity contribution in [1.82, 2.24) is 0 Å². The largest absolute Gasteiger partial charge is 0.174 e. The molecule has 1 aliphatic carbocycles. The maximum atomic E-state index is 3.95. The minimum absolute atomic E-state index is 0.873. The van der Waals surface area contributed by atoms with E-state index in [1.165, 1.54) is 12.8 Å². The van der Waals surface area contributed by atoms with Crippen molar-refractivity contribution in [3.05, 3.63) is 5.75 Å². The van der Waals surface area contributed by atoms with Crippen LogP contribution in [0.2, 0.25) is 0 Å². The van der Waals surface area contributed by atoms with E-state index in [0.717, 1.165) is 5.92 Å². The molecule has 0 unspecified atom stereocenters. The first-order valence-electron chi connectivity index (χ1n) is 1.91. The smallest absolute Gasteiger partial charge is 0.0164 e. The number of thiol groups is 1. The highest BCUT2D eigenvalue weighted by Crippen LogP contribution is 2.32. The van der Waals surface area contributed by atoms with Gasteiger partial charge in [-0.05, 0) is 18.8 Å². The minimum atomic E-state index is 0.873. The lowest BCUT2D eigenvalue weighted by Crippen LogP contribution is -1.57. The fourth-order valence-electron chi connectivity index (χ4n) is 0.245. The Bertz CT molecular complexity index is 30.6. The van der Waals surface area contributed by atoms with Gasteiger partial charge in [-0.15, -0.1) is 0 Å². The normalized spacial score (nSPS) is 23.4. The lowest BCUT2D eigenvalue weighted by molar-refractivity contribution is 1.10. The maximum absolute atomic E-state index is 3.95. The fourth-order valence-corrected chi connectivity index (χ4v) is 0.543. The van der Waals surface area contributed by atoms with E-state index in [1.807, 2.05) is 5.75 Å². The van der Waals surface area contributed by atoms with Crippen molar-refractivity contribution >= 4 is 12.6 Å². The number of hydrogen-bond acceptors (Lipinski definition) is 1. The van der Waals surface area contributed by atoms with Crippen LogP contribution in [0.1, 0.15) is 12.8 Å². The Kier molecular flexibility index (Phi) is 0.856. The van der Waals surface area contributed by atoms with Crippen molar-refractivity contribution in [1.29, 1.82) is 0 Å². The maximum Gasteiger partial charge on any atom is 0.0164 e. The number of rotatable bonds is 1. The van der Waals surface area contributed by atoms with E-state index in [0.29, 0.717) is 0 Å². The Balaban J connectivity index is 2.00. The van der Waals surface area contributed by atoms with Gasteiger partial charge in [-0.25, -0.2) is 0 Å². The van der Waals surface area contributed by atoms with Crippen molar-refractivity contribution in [3.8, 4) is 0 Å². The minimum Gasteiger partial charge on any atom is -0.174 e. The molecule has 0 nitrogen and oxygen atoms in total. The second kappa shape index (κ2) is 1.21. The van der Waals surface area contributed by atoms with Crippen LogP contribution in [0.25, 0.3) is 0 Å². The van der Waals surface area contributed by atoms with E-state index < -0.39 is 0 Å². The van der Waals surface area contributed by atoms with E-state index in [-0.39, 0.29) is 0 Å². The topological polar surface area (TPSA) is 0 Å². The van der Waals surface area contributed by atoms with Crippen LogP contribution in [0.5, 0.6) is 0 Å². The van der Waals surface area contributed by atoms with Gasteiger partial charge in [0.25, 0.3) is 0 Å². The third-order valence-electron chi connectivity index (χ3n) is 0.833. The molecule has 0 aromatic carbocycles. The summed E-state index contributed by atoms with van der Waals surface area (Å²) in [4.78, 5) is 0. The monoisotopic (exact) mass is 87.0 g/mol. The highest BCUT2D eigenvalue weighted by Gasteiger charge is 2.18. The molecule has 0 bridgehead atoms. The molecule has 1 fully saturated rings. The molecule has 0 spiro atoms. The second-order valence-corrected chi connectivity index (χ2v) is 1.78. The lowest BCUT2D eigenvalue weighted by Gasteiger charge is -1.71. The zero-order valence-electron chi connectivity index (χ0n) is 3.02. The van der Waals surface area contributed by atoms with Gasteiger partial charge >= 0.3 is 0 Å². The molecule has 1 saturated carbocycles. The molecule has 1 heteroatoms. The van der Waals surface area contributed by atoms with Crippen LogP contribution in [0.3, 0.4) is 0 Å². The summed E-state index contributed by atoms with van der Waals surface area (Å²) in [5.74, 6) is 2.85. The van der Waals surface area contributed by atoms with Crippen molar-refractivity contribution in [3.63, 3.8) is 0 Å². The van der Waals surface area contributed by atoms with Gasteiger partial charge in [0.15, 0.2) is 0 Å². The third-order valence-corrected chi connectivity index (χ3v) is 1.25. The van der Waals surface area contributed by atoms with Gasteiger partial charge in [0, 0.05) is 5.75 Å². The van der Waals surface area contributed by atoms with E-state index in [2.05, 4.69) is 12.6 Å². The zero-order valence-corrected chi connectivity index (χ0v) is 3.91. The Morgan fingerprint density at radius 2 is 2.20 bits per heavy atom. The summed E-state index contributed by atoms with van der Waals surface area (Å²) in [6, 6.07) is 0. The summed E-state index contributed by atoms with van der Waals surface area (Å²) in [5, 5.41) is 0. The van der Waals surface area contributed by atoms with Gasteiger partial charge in [-0.1, -0.05) is 0 Å². The SMILES string of the molecule is S[CH]C1CC1. The van der Waals surface area contributed by atoms with Crippen LogP contribution in [-0.2, 0) is 0 Å². The van der Waals surface area contributed by atoms with Crippen LogP contribution >= 0.6 is 12.6 Å². The summed E-state index contributed by atoms with van der Waals surface area (Å²) >= 11 is 3.95. The van der Waals surface area contributed by atoms with Crippen molar-refractivity contribution < 1.29 is 0 Å². The van der Waals surface area contributed by atoms with Gasteiger partial charge in [-0.2, -0.15) is 12.6 Å². The average molecular weight is 87.2 g/mol. The van der Waals surface area contributed by atoms with Gasteiger partial charge in [0.05, 0.1) is 0 Å². The first kappa shape index (κ1) is 3.54. The van der Waals surface area contributed by atoms with Gasteiger partial charge in [-0.3, -0.25) is 0 Å². The summed E-state index contributed by atoms with van der Waals surface area (Å²) in [6.07, 6.45) is 2.76. The predicted octanol–water partition coefficient (Wildman–Crippen LogP) is 1.49. The average Bonchev–Trinajstić information content (AvgIpc) is 2.12. The van der Waals surface area contributed by atoms with Crippen molar-refractivity contribution in [2.24, 2.45) is 5.92 Å². The van der Waals surface area contributed by atoms with Crippen LogP contribution in [-0.4, -0.2) is 0 Å². The molecular weight excluding hydrogens is 80.1 g/mol. The van der Waals surface area contributed by atoms with E-state index in [4.69, 9.17) is 0 Å². The first-order chi connectivity index (χ1) is 2.43. The van der Waals surface area contributed by atoms with Gasteiger partial charge < -0.3 is 0 Å². The molecule has 29 valence electrons. The Labute approximate surface area is 38.0 Å². The fraction of sp³-hybridized carbons (Fsp3) is 0.750. The quantitative estimate of drug-likeness (QED) is 0.460. The molecule has 1 aliphatic rings. The molecule has 0 atom stereocenters. The van der Waals surface area contributed by atoms with E-state index in [1.54, 1.807) is 0 Å². The van der Waals surface area contributed by atoms with Gasteiger partial charge in [0.1, 0.15) is 0 Å². The molecule has 0 amide bonds. The summed E-state index contributed by atoms with van der Waals surface area (Å²) in [7, 11) is 0. The van der Waals surface area contributed by atoms with Crippen molar-refractivity contribution in [2.45, 2.75) is 12.8 Å². The van der Waals surface area contributed by atoms with Crippen LogP contribution < -0.4 is 0 Å². The zero-order chi connectivity index (χ0) is 3.70. The Hall–Kier alpha value is 0.350. The molecule has 0 heterocycles. The first-order valence-corrected chi connectivity index (χ1v) is 2.42. The molecule has 0 aromatic rings. The molecular formula is C4H7S. The predicted molar refractivity (Wildman–Crippen MR) is 26.0 cm³/mol.